The lowest BCUT2D eigenvalue weighted by Crippen LogP contribution is -2.32. The molecule has 2 nitrogen and oxygen atoms in total. The third-order valence-electron chi connectivity index (χ3n) is 2.87. The minimum Gasteiger partial charge on any atom is -0.392 e. The molecule has 0 radical (unpaired) electrons. The van der Waals surface area contributed by atoms with Crippen molar-refractivity contribution in [1.29, 1.82) is 0 Å². The van der Waals surface area contributed by atoms with Crippen LogP contribution in [-0.4, -0.2) is 17.8 Å². The third kappa shape index (κ3) is 4.53. The molecule has 1 aromatic heterocycles. The van der Waals surface area contributed by atoms with E-state index < -0.39 is 0 Å². The van der Waals surface area contributed by atoms with Gasteiger partial charge in [0, 0.05) is 27.8 Å². The molecule has 2 N–H and O–H groups in total. The second-order valence-corrected chi connectivity index (χ2v) is 5.92. The van der Waals surface area contributed by atoms with Gasteiger partial charge in [0.15, 0.2) is 0 Å². The minimum absolute atomic E-state index is 0.224. The van der Waals surface area contributed by atoms with Crippen molar-refractivity contribution >= 4 is 27.3 Å². The van der Waals surface area contributed by atoms with E-state index in [4.69, 9.17) is 0 Å². The predicted molar refractivity (Wildman–Crippen MR) is 73.8 cm³/mol. The molecular formula is C12H20BrNOS. The van der Waals surface area contributed by atoms with Crippen LogP contribution in [0.25, 0.3) is 0 Å². The monoisotopic (exact) mass is 305 g/mol. The fraction of sp³-hybridized carbons (Fsp3) is 0.667. The smallest absolute Gasteiger partial charge is 0.0692 e. The molecule has 1 unspecified atom stereocenters. The van der Waals surface area contributed by atoms with E-state index in [0.29, 0.717) is 12.5 Å². The van der Waals surface area contributed by atoms with Crippen LogP contribution in [0.4, 0.5) is 0 Å². The standard InChI is InChI=1S/C12H20BrNOS/c1-3-9(4-2)12(15)7-14-6-11-5-10(13)8-16-11/h5,8-9,12,14-15H,3-4,6-7H2,1-2H3. The lowest BCUT2D eigenvalue weighted by atomic mass is 9.97. The molecule has 0 spiro atoms. The maximum Gasteiger partial charge on any atom is 0.0692 e. The molecule has 0 amide bonds. The van der Waals surface area contributed by atoms with Gasteiger partial charge in [-0.2, -0.15) is 0 Å². The van der Waals surface area contributed by atoms with E-state index in [-0.39, 0.29) is 6.10 Å². The van der Waals surface area contributed by atoms with Gasteiger partial charge in [-0.25, -0.2) is 0 Å². The van der Waals surface area contributed by atoms with Crippen LogP contribution >= 0.6 is 27.3 Å². The van der Waals surface area contributed by atoms with Crippen molar-refractivity contribution in [2.75, 3.05) is 6.54 Å². The largest absolute Gasteiger partial charge is 0.392 e. The van der Waals surface area contributed by atoms with Crippen LogP contribution in [0.15, 0.2) is 15.9 Å². The van der Waals surface area contributed by atoms with Gasteiger partial charge in [0.1, 0.15) is 0 Å². The van der Waals surface area contributed by atoms with Crippen LogP contribution in [0, 0.1) is 5.92 Å². The van der Waals surface area contributed by atoms with Gasteiger partial charge in [-0.1, -0.05) is 26.7 Å². The number of thiophene rings is 1. The molecule has 1 atom stereocenters. The number of hydrogen-bond acceptors (Lipinski definition) is 3. The van der Waals surface area contributed by atoms with E-state index >= 15 is 0 Å². The van der Waals surface area contributed by atoms with Crippen molar-refractivity contribution in [3.8, 4) is 0 Å². The average molecular weight is 306 g/mol. The maximum absolute atomic E-state index is 9.92. The van der Waals surface area contributed by atoms with E-state index in [1.165, 1.54) is 4.88 Å². The second kappa shape index (κ2) is 7.43. The van der Waals surface area contributed by atoms with Crippen molar-refractivity contribution in [2.24, 2.45) is 5.92 Å². The van der Waals surface area contributed by atoms with Crippen LogP contribution in [-0.2, 0) is 6.54 Å². The maximum atomic E-state index is 9.92. The van der Waals surface area contributed by atoms with Crippen molar-refractivity contribution in [3.63, 3.8) is 0 Å². The highest BCUT2D eigenvalue weighted by molar-refractivity contribution is 9.10. The van der Waals surface area contributed by atoms with Gasteiger partial charge in [-0.05, 0) is 27.9 Å². The Morgan fingerprint density at radius 1 is 1.44 bits per heavy atom. The average Bonchev–Trinajstić information content (AvgIpc) is 2.66. The fourth-order valence-electron chi connectivity index (χ4n) is 1.79. The summed E-state index contributed by atoms with van der Waals surface area (Å²) >= 11 is 5.16. The first kappa shape index (κ1) is 14.2. The minimum atomic E-state index is -0.224. The first-order valence-electron chi connectivity index (χ1n) is 5.79. The molecule has 0 fully saturated rings. The summed E-state index contributed by atoms with van der Waals surface area (Å²) in [7, 11) is 0. The molecule has 0 saturated carbocycles. The molecular weight excluding hydrogens is 286 g/mol. The number of hydrogen-bond donors (Lipinski definition) is 2. The van der Waals surface area contributed by atoms with Crippen molar-refractivity contribution in [2.45, 2.75) is 39.3 Å². The Hall–Kier alpha value is 0.1000. The van der Waals surface area contributed by atoms with Gasteiger partial charge in [0.2, 0.25) is 0 Å². The zero-order valence-electron chi connectivity index (χ0n) is 9.87. The van der Waals surface area contributed by atoms with Gasteiger partial charge in [-0.3, -0.25) is 0 Å². The summed E-state index contributed by atoms with van der Waals surface area (Å²) in [5.74, 6) is 0.419. The molecule has 0 saturated heterocycles. The second-order valence-electron chi connectivity index (χ2n) is 4.01. The highest BCUT2D eigenvalue weighted by Gasteiger charge is 2.14. The van der Waals surface area contributed by atoms with E-state index in [0.717, 1.165) is 23.9 Å². The Morgan fingerprint density at radius 2 is 2.12 bits per heavy atom. The summed E-state index contributed by atoms with van der Waals surface area (Å²) in [5, 5.41) is 15.3. The first-order valence-corrected chi connectivity index (χ1v) is 7.46. The lowest BCUT2D eigenvalue weighted by molar-refractivity contribution is 0.101. The van der Waals surface area contributed by atoms with Gasteiger partial charge in [0.05, 0.1) is 6.10 Å². The molecule has 4 heteroatoms. The summed E-state index contributed by atoms with van der Waals surface area (Å²) in [4.78, 5) is 1.30. The lowest BCUT2D eigenvalue weighted by Gasteiger charge is -2.20. The van der Waals surface area contributed by atoms with E-state index in [1.807, 2.05) is 0 Å². The SMILES string of the molecule is CCC(CC)C(O)CNCc1cc(Br)cs1. The van der Waals surface area contributed by atoms with Crippen LogP contribution in [0.5, 0.6) is 0 Å². The van der Waals surface area contributed by atoms with Crippen molar-refractivity contribution < 1.29 is 5.11 Å². The van der Waals surface area contributed by atoms with Gasteiger partial charge in [-0.15, -0.1) is 11.3 Å². The number of aliphatic hydroxyl groups is 1. The van der Waals surface area contributed by atoms with Gasteiger partial charge in [0.25, 0.3) is 0 Å². The van der Waals surface area contributed by atoms with Crippen LogP contribution < -0.4 is 5.32 Å². The highest BCUT2D eigenvalue weighted by Crippen LogP contribution is 2.19. The summed E-state index contributed by atoms with van der Waals surface area (Å²) in [5.41, 5.74) is 0. The highest BCUT2D eigenvalue weighted by atomic mass is 79.9. The molecule has 0 bridgehead atoms. The van der Waals surface area contributed by atoms with Crippen LogP contribution in [0.3, 0.4) is 0 Å². The molecule has 0 aliphatic rings. The zero-order chi connectivity index (χ0) is 12.0. The number of rotatable bonds is 7. The van der Waals surface area contributed by atoms with E-state index in [1.54, 1.807) is 11.3 Å². The third-order valence-corrected chi connectivity index (χ3v) is 4.56. The van der Waals surface area contributed by atoms with Crippen LogP contribution in [0.1, 0.15) is 31.6 Å². The van der Waals surface area contributed by atoms with Crippen molar-refractivity contribution in [1.82, 2.24) is 5.32 Å². The summed E-state index contributed by atoms with van der Waals surface area (Å²) in [6.07, 6.45) is 1.87. The van der Waals surface area contributed by atoms with Gasteiger partial charge >= 0.3 is 0 Å². The molecule has 16 heavy (non-hydrogen) atoms. The Kier molecular flexibility index (Phi) is 6.58. The Bertz CT molecular complexity index is 299. The van der Waals surface area contributed by atoms with Crippen LogP contribution in [0.2, 0.25) is 0 Å². The molecule has 1 rings (SSSR count). The predicted octanol–water partition coefficient (Wildman–Crippen LogP) is 3.40. The normalized spacial score (nSPS) is 13.3. The molecule has 0 aromatic carbocycles. The molecule has 1 heterocycles. The summed E-state index contributed by atoms with van der Waals surface area (Å²) in [6.45, 7) is 5.79. The summed E-state index contributed by atoms with van der Waals surface area (Å²) < 4.78 is 1.13. The Morgan fingerprint density at radius 3 is 2.62 bits per heavy atom. The fourth-order valence-corrected chi connectivity index (χ4v) is 3.21. The zero-order valence-corrected chi connectivity index (χ0v) is 12.3. The molecule has 0 aliphatic heterocycles. The Labute approximate surface area is 110 Å². The van der Waals surface area contributed by atoms with Crippen molar-refractivity contribution in [3.05, 3.63) is 20.8 Å². The summed E-state index contributed by atoms with van der Waals surface area (Å²) in [6, 6.07) is 2.11. The molecule has 92 valence electrons. The Balaban J connectivity index is 2.24. The number of halogens is 1. The first-order chi connectivity index (χ1) is 7.67. The van der Waals surface area contributed by atoms with E-state index in [9.17, 15) is 5.11 Å². The molecule has 0 aliphatic carbocycles. The molecule has 1 aromatic rings. The van der Waals surface area contributed by atoms with Gasteiger partial charge < -0.3 is 10.4 Å². The topological polar surface area (TPSA) is 32.3 Å². The number of nitrogens with one attached hydrogen (secondary N) is 1. The number of aliphatic hydroxyl groups excluding tert-OH is 1. The van der Waals surface area contributed by atoms with E-state index in [2.05, 4.69) is 46.5 Å². The quantitative estimate of drug-likeness (QED) is 0.809.